The molecule has 0 aromatic carbocycles. The maximum atomic E-state index is 11.3. The summed E-state index contributed by atoms with van der Waals surface area (Å²) in [5.74, 6) is 2.09. The first-order valence-electron chi connectivity index (χ1n) is 5.85. The van der Waals surface area contributed by atoms with Gasteiger partial charge in [0.1, 0.15) is 0 Å². The van der Waals surface area contributed by atoms with Crippen molar-refractivity contribution in [1.82, 2.24) is 15.0 Å². The van der Waals surface area contributed by atoms with Crippen LogP contribution in [-0.4, -0.2) is 50.9 Å². The molecule has 0 saturated heterocycles. The fraction of sp³-hybridized carbons (Fsp3) is 0.700. The Balaban J connectivity index is 2.63. The molecule has 102 valence electrons. The van der Waals surface area contributed by atoms with Crippen LogP contribution in [0.15, 0.2) is 0 Å². The lowest BCUT2D eigenvalue weighted by molar-refractivity contribution is 0.312. The Morgan fingerprint density at radius 2 is 1.94 bits per heavy atom. The molecule has 2 N–H and O–H groups in total. The normalized spacial score (nSPS) is 11.9. The molecule has 0 aliphatic carbocycles. The van der Waals surface area contributed by atoms with Gasteiger partial charge in [0.05, 0.1) is 6.61 Å². The molecule has 1 heterocycles. The second-order valence-corrected chi connectivity index (χ2v) is 5.17. The Morgan fingerprint density at radius 3 is 2.56 bits per heavy atom. The average Bonchev–Trinajstić information content (AvgIpc) is 2.38. The smallest absolute Gasteiger partial charge is 0.323 e. The van der Waals surface area contributed by atoms with Crippen LogP contribution in [0, 0.1) is 0 Å². The zero-order valence-corrected chi connectivity index (χ0v) is 11.7. The summed E-state index contributed by atoms with van der Waals surface area (Å²) in [7, 11) is 0.926. The SMILES string of the molecule is CCOc1nc(NC)nc(NCCS(=O)CC)n1. The van der Waals surface area contributed by atoms with E-state index in [4.69, 9.17) is 4.74 Å². The van der Waals surface area contributed by atoms with Gasteiger partial charge < -0.3 is 15.4 Å². The molecule has 1 unspecified atom stereocenters. The van der Waals surface area contributed by atoms with E-state index in [9.17, 15) is 4.21 Å². The minimum absolute atomic E-state index is 0.274. The van der Waals surface area contributed by atoms with E-state index in [0.717, 1.165) is 0 Å². The second kappa shape index (κ2) is 7.80. The molecule has 0 fully saturated rings. The van der Waals surface area contributed by atoms with Gasteiger partial charge in [-0.05, 0) is 6.92 Å². The van der Waals surface area contributed by atoms with Crippen LogP contribution in [0.2, 0.25) is 0 Å². The summed E-state index contributed by atoms with van der Waals surface area (Å²) < 4.78 is 16.5. The number of hydrogen-bond acceptors (Lipinski definition) is 7. The van der Waals surface area contributed by atoms with Crippen LogP contribution in [0.1, 0.15) is 13.8 Å². The Kier molecular flexibility index (Phi) is 6.34. The highest BCUT2D eigenvalue weighted by Gasteiger charge is 2.06. The molecule has 8 heteroatoms. The second-order valence-electron chi connectivity index (χ2n) is 3.31. The zero-order chi connectivity index (χ0) is 13.4. The van der Waals surface area contributed by atoms with Gasteiger partial charge in [0, 0.05) is 35.9 Å². The monoisotopic (exact) mass is 273 g/mol. The van der Waals surface area contributed by atoms with Crippen molar-refractivity contribution in [2.75, 3.05) is 42.3 Å². The van der Waals surface area contributed by atoms with E-state index in [1.54, 1.807) is 7.05 Å². The minimum atomic E-state index is -0.797. The van der Waals surface area contributed by atoms with Gasteiger partial charge in [0.25, 0.3) is 0 Å². The van der Waals surface area contributed by atoms with E-state index < -0.39 is 10.8 Å². The first-order valence-corrected chi connectivity index (χ1v) is 7.33. The Labute approximate surface area is 109 Å². The molecule has 1 aromatic heterocycles. The van der Waals surface area contributed by atoms with Crippen molar-refractivity contribution in [3.8, 4) is 6.01 Å². The fourth-order valence-electron chi connectivity index (χ4n) is 1.16. The quantitative estimate of drug-likeness (QED) is 0.712. The van der Waals surface area contributed by atoms with E-state index in [1.165, 1.54) is 0 Å². The number of aromatic nitrogens is 3. The molecule has 0 spiro atoms. The van der Waals surface area contributed by atoms with Crippen LogP contribution in [0.5, 0.6) is 6.01 Å². The van der Waals surface area contributed by atoms with Crippen LogP contribution in [0.3, 0.4) is 0 Å². The molecule has 0 bridgehead atoms. The molecule has 0 amide bonds. The lowest BCUT2D eigenvalue weighted by Crippen LogP contribution is -2.15. The third-order valence-corrected chi connectivity index (χ3v) is 3.35. The van der Waals surface area contributed by atoms with Gasteiger partial charge in [0.15, 0.2) is 0 Å². The van der Waals surface area contributed by atoms with Gasteiger partial charge in [-0.15, -0.1) is 0 Å². The van der Waals surface area contributed by atoms with Crippen molar-refractivity contribution in [3.05, 3.63) is 0 Å². The molecule has 1 rings (SSSR count). The summed E-state index contributed by atoms with van der Waals surface area (Å²) in [5, 5.41) is 5.84. The number of rotatable bonds is 8. The van der Waals surface area contributed by atoms with Crippen molar-refractivity contribution in [3.63, 3.8) is 0 Å². The van der Waals surface area contributed by atoms with Gasteiger partial charge in [-0.3, -0.25) is 4.21 Å². The Hall–Kier alpha value is -1.44. The number of anilines is 2. The number of nitrogens with zero attached hydrogens (tertiary/aromatic N) is 3. The summed E-state index contributed by atoms with van der Waals surface area (Å²) in [6.45, 7) is 4.80. The minimum Gasteiger partial charge on any atom is -0.464 e. The van der Waals surface area contributed by atoms with E-state index in [0.29, 0.717) is 36.6 Å². The van der Waals surface area contributed by atoms with Gasteiger partial charge >= 0.3 is 6.01 Å². The maximum Gasteiger partial charge on any atom is 0.323 e. The van der Waals surface area contributed by atoms with Gasteiger partial charge in [-0.25, -0.2) is 0 Å². The first-order chi connectivity index (χ1) is 8.69. The zero-order valence-electron chi connectivity index (χ0n) is 10.9. The van der Waals surface area contributed by atoms with Crippen LogP contribution in [-0.2, 0) is 10.8 Å². The molecule has 0 aliphatic heterocycles. The molecule has 18 heavy (non-hydrogen) atoms. The van der Waals surface area contributed by atoms with Crippen LogP contribution >= 0.6 is 0 Å². The molecule has 0 radical (unpaired) electrons. The van der Waals surface area contributed by atoms with Crippen molar-refractivity contribution in [2.45, 2.75) is 13.8 Å². The molecule has 0 saturated carbocycles. The predicted octanol–water partition coefficient (Wildman–Crippen LogP) is 0.492. The van der Waals surface area contributed by atoms with Gasteiger partial charge in [-0.1, -0.05) is 6.92 Å². The molecule has 1 aromatic rings. The Morgan fingerprint density at radius 1 is 1.22 bits per heavy atom. The van der Waals surface area contributed by atoms with Crippen LogP contribution in [0.4, 0.5) is 11.9 Å². The topological polar surface area (TPSA) is 89.0 Å². The largest absolute Gasteiger partial charge is 0.464 e. The Bertz CT molecular complexity index is 402. The first kappa shape index (κ1) is 14.6. The van der Waals surface area contributed by atoms with E-state index in [-0.39, 0.29) is 6.01 Å². The number of nitrogens with one attached hydrogen (secondary N) is 2. The summed E-state index contributed by atoms with van der Waals surface area (Å²) in [4.78, 5) is 12.3. The van der Waals surface area contributed by atoms with E-state index in [1.807, 2.05) is 13.8 Å². The summed E-state index contributed by atoms with van der Waals surface area (Å²) in [6.07, 6.45) is 0. The predicted molar refractivity (Wildman–Crippen MR) is 72.6 cm³/mol. The van der Waals surface area contributed by atoms with Gasteiger partial charge in [-0.2, -0.15) is 15.0 Å². The average molecular weight is 273 g/mol. The highest BCUT2D eigenvalue weighted by Crippen LogP contribution is 2.10. The number of ether oxygens (including phenoxy) is 1. The van der Waals surface area contributed by atoms with Crippen molar-refractivity contribution >= 4 is 22.7 Å². The molecular formula is C10H19N5O2S. The third kappa shape index (κ3) is 4.82. The van der Waals surface area contributed by atoms with Crippen LogP contribution < -0.4 is 15.4 Å². The lowest BCUT2D eigenvalue weighted by Gasteiger charge is -2.08. The number of hydrogen-bond donors (Lipinski definition) is 2. The summed E-state index contributed by atoms with van der Waals surface area (Å²) in [6, 6.07) is 0.274. The molecule has 1 atom stereocenters. The lowest BCUT2D eigenvalue weighted by atomic mass is 10.7. The molecule has 7 nitrogen and oxygen atoms in total. The van der Waals surface area contributed by atoms with Crippen molar-refractivity contribution in [1.29, 1.82) is 0 Å². The molecular weight excluding hydrogens is 254 g/mol. The summed E-state index contributed by atoms with van der Waals surface area (Å²) >= 11 is 0. The van der Waals surface area contributed by atoms with Crippen molar-refractivity contribution < 1.29 is 8.95 Å². The van der Waals surface area contributed by atoms with Crippen LogP contribution in [0.25, 0.3) is 0 Å². The standard InChI is InChI=1S/C10H19N5O2S/c1-4-17-10-14-8(11-3)13-9(15-10)12-6-7-18(16)5-2/h4-7H2,1-3H3,(H2,11,12,13,14,15). The molecule has 0 aliphatic rings. The van der Waals surface area contributed by atoms with Crippen molar-refractivity contribution in [2.24, 2.45) is 0 Å². The third-order valence-electron chi connectivity index (χ3n) is 2.05. The van der Waals surface area contributed by atoms with E-state index >= 15 is 0 Å². The highest BCUT2D eigenvalue weighted by molar-refractivity contribution is 7.84. The summed E-state index contributed by atoms with van der Waals surface area (Å²) in [5.41, 5.74) is 0. The van der Waals surface area contributed by atoms with E-state index in [2.05, 4.69) is 25.6 Å². The van der Waals surface area contributed by atoms with Gasteiger partial charge in [0.2, 0.25) is 11.9 Å². The maximum absolute atomic E-state index is 11.3. The fourth-order valence-corrected chi connectivity index (χ4v) is 1.78. The highest BCUT2D eigenvalue weighted by atomic mass is 32.2.